The monoisotopic (exact) mass is 577 g/mol. The molecule has 2 saturated heterocycles. The van der Waals surface area contributed by atoms with Gasteiger partial charge in [-0.25, -0.2) is 4.79 Å². The Morgan fingerprint density at radius 2 is 1.95 bits per heavy atom. The minimum atomic E-state index is -4.52. The van der Waals surface area contributed by atoms with E-state index in [1.807, 2.05) is 12.2 Å². The van der Waals surface area contributed by atoms with Gasteiger partial charge in [0.25, 0.3) is 0 Å². The lowest BCUT2D eigenvalue weighted by Gasteiger charge is -2.33. The molecular formula is C29H34F3N3O6. The topological polar surface area (TPSA) is 85.9 Å². The maximum absolute atomic E-state index is 13.2. The average molecular weight is 578 g/mol. The third kappa shape index (κ3) is 7.30. The lowest BCUT2D eigenvalue weighted by Crippen LogP contribution is -2.45. The molecule has 3 aliphatic heterocycles. The largest absolute Gasteiger partial charge is 0.492 e. The first kappa shape index (κ1) is 29.2. The molecule has 0 bridgehead atoms. The van der Waals surface area contributed by atoms with Crippen molar-refractivity contribution in [2.45, 2.75) is 31.7 Å². The van der Waals surface area contributed by atoms with Gasteiger partial charge in [0, 0.05) is 44.2 Å². The van der Waals surface area contributed by atoms with Gasteiger partial charge in [-0.1, -0.05) is 0 Å². The van der Waals surface area contributed by atoms with E-state index < -0.39 is 23.5 Å². The highest BCUT2D eigenvalue weighted by molar-refractivity contribution is 5.99. The average Bonchev–Trinajstić information content (AvgIpc) is 3.71. The summed E-state index contributed by atoms with van der Waals surface area (Å²) in [4.78, 5) is 21.2. The number of carbonyl (C=O) groups is 1. The Morgan fingerprint density at radius 1 is 1.17 bits per heavy atom. The quantitative estimate of drug-likeness (QED) is 0.220. The normalized spacial score (nSPS) is 21.6. The lowest BCUT2D eigenvalue weighted by molar-refractivity contribution is -0.137. The van der Waals surface area contributed by atoms with Gasteiger partial charge in [0.1, 0.15) is 36.0 Å². The fraction of sp³-hybridized carbons (Fsp3) is 0.517. The number of allylic oxidation sites excluding steroid dienone is 2. The number of esters is 1. The molecule has 3 aliphatic rings. The fourth-order valence-corrected chi connectivity index (χ4v) is 4.78. The van der Waals surface area contributed by atoms with Crippen molar-refractivity contribution in [3.8, 4) is 5.75 Å². The van der Waals surface area contributed by atoms with E-state index in [0.29, 0.717) is 37.2 Å². The van der Waals surface area contributed by atoms with E-state index in [0.717, 1.165) is 50.6 Å². The molecule has 2 fully saturated rings. The van der Waals surface area contributed by atoms with Crippen molar-refractivity contribution in [2.75, 3.05) is 66.2 Å². The van der Waals surface area contributed by atoms with Crippen molar-refractivity contribution < 1.29 is 41.7 Å². The van der Waals surface area contributed by atoms with E-state index >= 15 is 0 Å². The van der Waals surface area contributed by atoms with Crippen LogP contribution in [0.25, 0.3) is 10.9 Å². The van der Waals surface area contributed by atoms with Crippen molar-refractivity contribution in [1.82, 2.24) is 14.8 Å². The highest BCUT2D eigenvalue weighted by atomic mass is 19.4. The van der Waals surface area contributed by atoms with Gasteiger partial charge in [0.05, 0.1) is 30.8 Å². The Bertz CT molecular complexity index is 1320. The molecule has 1 unspecified atom stereocenters. The lowest BCUT2D eigenvalue weighted by atomic mass is 10.1. The summed E-state index contributed by atoms with van der Waals surface area (Å²) < 4.78 is 68.3. The number of piperazine rings is 1. The zero-order valence-electron chi connectivity index (χ0n) is 23.2. The highest BCUT2D eigenvalue weighted by Gasteiger charge is 2.48. The maximum Gasteiger partial charge on any atom is 0.416 e. The van der Waals surface area contributed by atoms with E-state index in [1.54, 1.807) is 6.92 Å². The molecule has 0 radical (unpaired) electrons. The molecule has 12 heteroatoms. The second-order valence-electron chi connectivity index (χ2n) is 10.3. The van der Waals surface area contributed by atoms with Gasteiger partial charge in [0.15, 0.2) is 0 Å². The summed E-state index contributed by atoms with van der Waals surface area (Å²) in [6.07, 6.45) is 1.54. The smallest absolute Gasteiger partial charge is 0.416 e. The molecule has 0 aliphatic carbocycles. The second kappa shape index (κ2) is 12.3. The first-order valence-electron chi connectivity index (χ1n) is 13.7. The summed E-state index contributed by atoms with van der Waals surface area (Å²) in [5, 5.41) is 0.292. The number of fused-ring (bicyclic) bond motifs is 1. The third-order valence-electron chi connectivity index (χ3n) is 7.20. The van der Waals surface area contributed by atoms with Crippen molar-refractivity contribution in [2.24, 2.45) is 0 Å². The summed E-state index contributed by atoms with van der Waals surface area (Å²) in [6.45, 7) is 7.59. The van der Waals surface area contributed by atoms with Crippen LogP contribution in [-0.4, -0.2) is 92.7 Å². The number of likely N-dealkylation sites (N-methyl/N-ethyl adjacent to an activating group) is 1. The summed E-state index contributed by atoms with van der Waals surface area (Å²) in [6, 6.07) is 3.14. The zero-order valence-corrected chi connectivity index (χ0v) is 23.2. The van der Waals surface area contributed by atoms with Gasteiger partial charge in [-0.3, -0.25) is 9.88 Å². The molecular weight excluding hydrogens is 543 g/mol. The van der Waals surface area contributed by atoms with Crippen LogP contribution in [0.1, 0.15) is 35.7 Å². The third-order valence-corrected chi connectivity index (χ3v) is 7.20. The number of benzene rings is 1. The number of epoxide rings is 1. The number of alkyl halides is 3. The van der Waals surface area contributed by atoms with Crippen LogP contribution in [0.5, 0.6) is 5.75 Å². The Balaban J connectivity index is 1.18. The van der Waals surface area contributed by atoms with Gasteiger partial charge in [-0.15, -0.1) is 0 Å². The Kier molecular flexibility index (Phi) is 8.71. The van der Waals surface area contributed by atoms with Crippen LogP contribution in [0.4, 0.5) is 13.2 Å². The number of nitrogens with zero attached hydrogens (tertiary/aromatic N) is 3. The molecule has 2 aromatic rings. The standard InChI is InChI=1S/C29H34F3N3O6/c1-3-37-27(36)24-16-33-25-15-20(29(30,31)32)5-8-23(25)26(24)38-14-4-9-28(19-40-28)41-22-7-6-21(39-18-22)17-35-12-10-34(2)11-13-35/h5-8,15-16H,3-4,9-14,17-19H2,1-2H3. The summed E-state index contributed by atoms with van der Waals surface area (Å²) in [5.74, 6) is 0.288. The van der Waals surface area contributed by atoms with Crippen molar-refractivity contribution in [3.63, 3.8) is 0 Å². The van der Waals surface area contributed by atoms with Crippen LogP contribution in [0.15, 0.2) is 48.1 Å². The molecule has 0 amide bonds. The molecule has 1 aromatic heterocycles. The minimum absolute atomic E-state index is 0.0522. The van der Waals surface area contributed by atoms with E-state index in [-0.39, 0.29) is 30.0 Å². The van der Waals surface area contributed by atoms with Gasteiger partial charge in [-0.05, 0) is 50.7 Å². The molecule has 41 heavy (non-hydrogen) atoms. The number of aromatic nitrogens is 1. The van der Waals surface area contributed by atoms with Gasteiger partial charge in [0.2, 0.25) is 5.79 Å². The SMILES string of the molecule is CCOC(=O)c1cnc2cc(C(F)(F)F)ccc2c1OCCCC1(OC2=CC=C(CN3CCN(C)CC3)OC2)CO1. The first-order chi connectivity index (χ1) is 19.7. The van der Waals surface area contributed by atoms with Crippen molar-refractivity contribution in [3.05, 3.63) is 59.2 Å². The van der Waals surface area contributed by atoms with Crippen molar-refractivity contribution >= 4 is 16.9 Å². The predicted molar refractivity (Wildman–Crippen MR) is 143 cm³/mol. The predicted octanol–water partition coefficient (Wildman–Crippen LogP) is 4.38. The van der Waals surface area contributed by atoms with E-state index in [9.17, 15) is 18.0 Å². The first-order valence-corrected chi connectivity index (χ1v) is 13.7. The molecule has 5 rings (SSSR count). The summed E-state index contributed by atoms with van der Waals surface area (Å²) in [5.41, 5.74) is -0.714. The fourth-order valence-electron chi connectivity index (χ4n) is 4.78. The van der Waals surface area contributed by atoms with E-state index in [2.05, 4.69) is 21.8 Å². The van der Waals surface area contributed by atoms with Crippen LogP contribution in [0.2, 0.25) is 0 Å². The Morgan fingerprint density at radius 3 is 2.61 bits per heavy atom. The zero-order chi connectivity index (χ0) is 29.0. The van der Waals surface area contributed by atoms with E-state index in [1.165, 1.54) is 12.3 Å². The van der Waals surface area contributed by atoms with Gasteiger partial charge in [-0.2, -0.15) is 13.2 Å². The number of pyridine rings is 1. The molecule has 0 N–H and O–H groups in total. The highest BCUT2D eigenvalue weighted by Crippen LogP contribution is 2.38. The molecule has 222 valence electrons. The van der Waals surface area contributed by atoms with Crippen LogP contribution < -0.4 is 4.74 Å². The number of hydrogen-bond donors (Lipinski definition) is 0. The number of hydrogen-bond acceptors (Lipinski definition) is 9. The molecule has 1 aromatic carbocycles. The van der Waals surface area contributed by atoms with Crippen LogP contribution in [0.3, 0.4) is 0 Å². The minimum Gasteiger partial charge on any atom is -0.492 e. The molecule has 0 saturated carbocycles. The van der Waals surface area contributed by atoms with Gasteiger partial charge >= 0.3 is 12.1 Å². The molecule has 9 nitrogen and oxygen atoms in total. The molecule has 1 atom stereocenters. The van der Waals surface area contributed by atoms with Crippen molar-refractivity contribution in [1.29, 1.82) is 0 Å². The summed E-state index contributed by atoms with van der Waals surface area (Å²) >= 11 is 0. The molecule has 0 spiro atoms. The van der Waals surface area contributed by atoms with Crippen LogP contribution in [0, 0.1) is 0 Å². The van der Waals surface area contributed by atoms with Crippen LogP contribution >= 0.6 is 0 Å². The number of rotatable bonds is 11. The number of halogens is 3. The maximum atomic E-state index is 13.2. The van der Waals surface area contributed by atoms with Crippen LogP contribution in [-0.2, 0) is 25.1 Å². The Hall–Kier alpha value is -3.35. The Labute approximate surface area is 236 Å². The summed E-state index contributed by atoms with van der Waals surface area (Å²) in [7, 11) is 2.12. The van der Waals surface area contributed by atoms with E-state index in [4.69, 9.17) is 23.7 Å². The molecule has 4 heterocycles. The number of ether oxygens (including phenoxy) is 5. The second-order valence-corrected chi connectivity index (χ2v) is 10.3. The van der Waals surface area contributed by atoms with Gasteiger partial charge < -0.3 is 28.6 Å². The number of carbonyl (C=O) groups excluding carboxylic acids is 1.